The zero-order valence-electron chi connectivity index (χ0n) is 17.3. The van der Waals surface area contributed by atoms with Gasteiger partial charge in [0.2, 0.25) is 15.9 Å². The lowest BCUT2D eigenvalue weighted by Gasteiger charge is -2.26. The van der Waals surface area contributed by atoms with Crippen LogP contribution in [0.1, 0.15) is 12.0 Å². The molecule has 3 rings (SSSR count). The number of sulfonamides is 1. The normalized spacial score (nSPS) is 16.0. The summed E-state index contributed by atoms with van der Waals surface area (Å²) in [6.45, 7) is 4.48. The number of amides is 1. The van der Waals surface area contributed by atoms with Crippen LogP contribution in [-0.2, 0) is 26.0 Å². The Kier molecular flexibility index (Phi) is 8.53. The summed E-state index contributed by atoms with van der Waals surface area (Å²) in [7, 11) is -3.99. The van der Waals surface area contributed by atoms with Crippen LogP contribution in [0, 0.1) is 5.82 Å². The highest BCUT2D eigenvalue weighted by atomic mass is 32.2. The SMILES string of the molecule is O=C(NCCCN1CCOCC1)[C@@H](Cc1ccccc1)NS(=O)(=O)c1ccc(F)cc1. The van der Waals surface area contributed by atoms with Gasteiger partial charge in [0, 0.05) is 19.6 Å². The molecule has 1 heterocycles. The van der Waals surface area contributed by atoms with Crippen LogP contribution in [-0.4, -0.2) is 64.7 Å². The fourth-order valence-electron chi connectivity index (χ4n) is 3.37. The van der Waals surface area contributed by atoms with Crippen molar-refractivity contribution in [1.29, 1.82) is 0 Å². The van der Waals surface area contributed by atoms with Crippen molar-refractivity contribution >= 4 is 15.9 Å². The first-order chi connectivity index (χ1) is 14.9. The van der Waals surface area contributed by atoms with Gasteiger partial charge in [0.1, 0.15) is 11.9 Å². The van der Waals surface area contributed by atoms with Crippen LogP contribution in [0.15, 0.2) is 59.5 Å². The van der Waals surface area contributed by atoms with Gasteiger partial charge in [-0.25, -0.2) is 12.8 Å². The van der Waals surface area contributed by atoms with Gasteiger partial charge in [0.05, 0.1) is 18.1 Å². The molecular weight excluding hydrogens is 421 g/mol. The number of halogens is 1. The first-order valence-corrected chi connectivity index (χ1v) is 11.8. The van der Waals surface area contributed by atoms with E-state index in [0.717, 1.165) is 57.0 Å². The number of hydrogen-bond donors (Lipinski definition) is 2. The molecule has 0 saturated carbocycles. The van der Waals surface area contributed by atoms with Crippen LogP contribution >= 0.6 is 0 Å². The number of carbonyl (C=O) groups excluding carboxylic acids is 1. The van der Waals surface area contributed by atoms with Crippen molar-refractivity contribution in [2.24, 2.45) is 0 Å². The molecule has 1 saturated heterocycles. The van der Waals surface area contributed by atoms with Gasteiger partial charge in [-0.1, -0.05) is 30.3 Å². The number of ether oxygens (including phenoxy) is 1. The predicted octanol–water partition coefficient (Wildman–Crippen LogP) is 1.55. The van der Waals surface area contributed by atoms with Crippen molar-refractivity contribution in [1.82, 2.24) is 14.9 Å². The van der Waals surface area contributed by atoms with Crippen LogP contribution in [0.3, 0.4) is 0 Å². The fourth-order valence-corrected chi connectivity index (χ4v) is 4.56. The van der Waals surface area contributed by atoms with Crippen LogP contribution in [0.5, 0.6) is 0 Å². The summed E-state index contributed by atoms with van der Waals surface area (Å²) >= 11 is 0. The van der Waals surface area contributed by atoms with E-state index in [1.54, 1.807) is 0 Å². The minimum Gasteiger partial charge on any atom is -0.379 e. The first kappa shape index (κ1) is 23.3. The lowest BCUT2D eigenvalue weighted by Crippen LogP contribution is -2.48. The second-order valence-electron chi connectivity index (χ2n) is 7.42. The highest BCUT2D eigenvalue weighted by Crippen LogP contribution is 2.12. The van der Waals surface area contributed by atoms with Gasteiger partial charge < -0.3 is 10.1 Å². The van der Waals surface area contributed by atoms with E-state index in [-0.39, 0.29) is 11.3 Å². The maximum atomic E-state index is 13.2. The van der Waals surface area contributed by atoms with E-state index in [2.05, 4.69) is 14.9 Å². The Balaban J connectivity index is 1.62. The third-order valence-corrected chi connectivity index (χ3v) is 6.56. The van der Waals surface area contributed by atoms with E-state index in [0.29, 0.717) is 6.54 Å². The Morgan fingerprint density at radius 2 is 1.74 bits per heavy atom. The Morgan fingerprint density at radius 1 is 1.06 bits per heavy atom. The zero-order chi connectivity index (χ0) is 22.1. The third-order valence-electron chi connectivity index (χ3n) is 5.07. The van der Waals surface area contributed by atoms with Crippen molar-refractivity contribution in [2.75, 3.05) is 39.4 Å². The summed E-state index contributed by atoms with van der Waals surface area (Å²) in [6, 6.07) is 12.7. The first-order valence-electron chi connectivity index (χ1n) is 10.3. The van der Waals surface area contributed by atoms with E-state index in [1.165, 1.54) is 12.1 Å². The molecule has 0 aromatic heterocycles. The molecule has 0 aliphatic carbocycles. The smallest absolute Gasteiger partial charge is 0.241 e. The Hall–Kier alpha value is -2.33. The lowest BCUT2D eigenvalue weighted by atomic mass is 10.1. The monoisotopic (exact) mass is 449 g/mol. The molecule has 9 heteroatoms. The van der Waals surface area contributed by atoms with E-state index < -0.39 is 27.8 Å². The number of rotatable bonds is 10. The summed E-state index contributed by atoms with van der Waals surface area (Å²) in [6.07, 6.45) is 0.963. The number of benzene rings is 2. The molecule has 2 aromatic carbocycles. The van der Waals surface area contributed by atoms with Crippen molar-refractivity contribution < 1.29 is 22.3 Å². The molecule has 0 spiro atoms. The molecule has 7 nitrogen and oxygen atoms in total. The molecule has 1 fully saturated rings. The molecule has 1 amide bonds. The van der Waals surface area contributed by atoms with Gasteiger partial charge in [-0.2, -0.15) is 4.72 Å². The molecule has 0 bridgehead atoms. The molecule has 31 heavy (non-hydrogen) atoms. The standard InChI is InChI=1S/C22H28FN3O4S/c23-19-7-9-20(10-8-19)31(28,29)25-21(17-18-5-2-1-3-6-18)22(27)24-11-4-12-26-13-15-30-16-14-26/h1-3,5-10,21,25H,4,11-17H2,(H,24,27)/t21-/m1/s1. The Bertz CT molecular complexity index is 933. The molecule has 168 valence electrons. The summed E-state index contributed by atoms with van der Waals surface area (Å²) in [5.41, 5.74) is 0.831. The molecule has 1 aliphatic heterocycles. The summed E-state index contributed by atoms with van der Waals surface area (Å²) in [5, 5.41) is 2.84. The maximum absolute atomic E-state index is 13.2. The third kappa shape index (κ3) is 7.39. The van der Waals surface area contributed by atoms with E-state index in [9.17, 15) is 17.6 Å². The van der Waals surface area contributed by atoms with Gasteiger partial charge in [-0.05, 0) is 49.2 Å². The van der Waals surface area contributed by atoms with Crippen molar-refractivity contribution in [2.45, 2.75) is 23.8 Å². The van der Waals surface area contributed by atoms with Gasteiger partial charge in [0.25, 0.3) is 0 Å². The minimum atomic E-state index is -3.99. The largest absolute Gasteiger partial charge is 0.379 e. The fraction of sp³-hybridized carbons (Fsp3) is 0.409. The van der Waals surface area contributed by atoms with Crippen LogP contribution < -0.4 is 10.0 Å². The molecular formula is C22H28FN3O4S. The van der Waals surface area contributed by atoms with Gasteiger partial charge in [-0.15, -0.1) is 0 Å². The van der Waals surface area contributed by atoms with Gasteiger partial charge in [-0.3, -0.25) is 9.69 Å². The highest BCUT2D eigenvalue weighted by molar-refractivity contribution is 7.89. The van der Waals surface area contributed by atoms with Crippen molar-refractivity contribution in [3.63, 3.8) is 0 Å². The van der Waals surface area contributed by atoms with Gasteiger partial charge in [0.15, 0.2) is 0 Å². The number of nitrogens with zero attached hydrogens (tertiary/aromatic N) is 1. The van der Waals surface area contributed by atoms with Gasteiger partial charge >= 0.3 is 0 Å². The summed E-state index contributed by atoms with van der Waals surface area (Å²) in [4.78, 5) is 15.0. The van der Waals surface area contributed by atoms with Crippen LogP contribution in [0.4, 0.5) is 4.39 Å². The number of hydrogen-bond acceptors (Lipinski definition) is 5. The quantitative estimate of drug-likeness (QED) is 0.538. The van der Waals surface area contributed by atoms with E-state index >= 15 is 0 Å². The van der Waals surface area contributed by atoms with Crippen LogP contribution in [0.2, 0.25) is 0 Å². The predicted molar refractivity (Wildman–Crippen MR) is 116 cm³/mol. The maximum Gasteiger partial charge on any atom is 0.241 e. The summed E-state index contributed by atoms with van der Waals surface area (Å²) in [5.74, 6) is -0.922. The molecule has 1 aliphatic rings. The Morgan fingerprint density at radius 3 is 2.42 bits per heavy atom. The van der Waals surface area contributed by atoms with Crippen LogP contribution in [0.25, 0.3) is 0 Å². The molecule has 2 N–H and O–H groups in total. The minimum absolute atomic E-state index is 0.0907. The highest BCUT2D eigenvalue weighted by Gasteiger charge is 2.26. The lowest BCUT2D eigenvalue weighted by molar-refractivity contribution is -0.122. The topological polar surface area (TPSA) is 87.7 Å². The average molecular weight is 450 g/mol. The molecule has 0 unspecified atom stereocenters. The molecule has 0 radical (unpaired) electrons. The van der Waals surface area contributed by atoms with Crippen molar-refractivity contribution in [3.8, 4) is 0 Å². The number of carbonyl (C=O) groups is 1. The second kappa shape index (κ2) is 11.3. The van der Waals surface area contributed by atoms with Crippen molar-refractivity contribution in [3.05, 3.63) is 66.0 Å². The molecule has 2 aromatic rings. The Labute approximate surface area is 182 Å². The van der Waals surface area contributed by atoms with E-state index in [1.807, 2.05) is 30.3 Å². The van der Waals surface area contributed by atoms with E-state index in [4.69, 9.17) is 4.74 Å². The summed E-state index contributed by atoms with van der Waals surface area (Å²) < 4.78 is 46.5. The number of nitrogens with one attached hydrogen (secondary N) is 2. The number of morpholine rings is 1. The second-order valence-corrected chi connectivity index (χ2v) is 9.13. The average Bonchev–Trinajstić information content (AvgIpc) is 2.78. The molecule has 1 atom stereocenters. The zero-order valence-corrected chi connectivity index (χ0v) is 18.1.